The maximum atomic E-state index is 12.7. The molecular weight excluding hydrogens is 340 g/mol. The Morgan fingerprint density at radius 1 is 1.19 bits per heavy atom. The molecule has 0 aliphatic carbocycles. The molecule has 146 valence electrons. The molecule has 1 amide bonds. The van der Waals surface area contributed by atoms with Crippen LogP contribution in [0.15, 0.2) is 35.3 Å². The van der Waals surface area contributed by atoms with Crippen molar-refractivity contribution in [2.75, 3.05) is 12.0 Å². The molecule has 0 atom stereocenters. The summed E-state index contributed by atoms with van der Waals surface area (Å²) in [5, 5.41) is 2.91. The van der Waals surface area contributed by atoms with Crippen molar-refractivity contribution in [1.82, 2.24) is 9.99 Å². The Bertz CT molecular complexity index is 856. The zero-order valence-electron chi connectivity index (χ0n) is 16.6. The van der Waals surface area contributed by atoms with Crippen LogP contribution in [0.4, 0.5) is 0 Å². The minimum atomic E-state index is -0.179. The Balaban J connectivity index is 2.08. The summed E-state index contributed by atoms with van der Waals surface area (Å²) in [6, 6.07) is 7.87. The number of hydrogen-bond acceptors (Lipinski definition) is 4. The van der Waals surface area contributed by atoms with E-state index in [0.29, 0.717) is 31.1 Å². The first-order chi connectivity index (χ1) is 12.8. The number of aromatic nitrogens is 1. The second-order valence-corrected chi connectivity index (χ2v) is 7.34. The van der Waals surface area contributed by atoms with Gasteiger partial charge in [0.05, 0.1) is 6.42 Å². The predicted molar refractivity (Wildman–Crippen MR) is 109 cm³/mol. The average molecular weight is 370 g/mol. The van der Waals surface area contributed by atoms with Crippen molar-refractivity contribution in [3.8, 4) is 0 Å². The number of nitrogens with two attached hydrogens (primary N) is 1. The quantitative estimate of drug-likeness (QED) is 0.663. The average Bonchev–Trinajstić information content (AvgIpc) is 2.62. The lowest BCUT2D eigenvalue weighted by Crippen LogP contribution is -2.35. The minimum absolute atomic E-state index is 0.0542. The van der Waals surface area contributed by atoms with E-state index in [4.69, 9.17) is 5.73 Å². The van der Waals surface area contributed by atoms with Gasteiger partial charge in [0.25, 0.3) is 5.56 Å². The first-order valence-corrected chi connectivity index (χ1v) is 9.32. The lowest BCUT2D eigenvalue weighted by atomic mass is 10.0. The van der Waals surface area contributed by atoms with Crippen molar-refractivity contribution in [1.29, 1.82) is 0 Å². The number of benzene rings is 1. The van der Waals surface area contributed by atoms with Crippen LogP contribution in [-0.2, 0) is 24.3 Å². The predicted octanol–water partition coefficient (Wildman–Crippen LogP) is 1.98. The highest BCUT2D eigenvalue weighted by molar-refractivity contribution is 5.78. The molecule has 0 aliphatic rings. The van der Waals surface area contributed by atoms with E-state index < -0.39 is 0 Å². The summed E-state index contributed by atoms with van der Waals surface area (Å²) < 4.78 is 1.46. The van der Waals surface area contributed by atoms with Gasteiger partial charge in [-0.15, -0.1) is 0 Å². The van der Waals surface area contributed by atoms with Crippen LogP contribution in [0.5, 0.6) is 0 Å². The van der Waals surface area contributed by atoms with Gasteiger partial charge in [-0.05, 0) is 42.5 Å². The van der Waals surface area contributed by atoms with E-state index in [1.54, 1.807) is 6.20 Å². The zero-order chi connectivity index (χ0) is 20.0. The number of hydrogen-bond donors (Lipinski definition) is 3. The number of nitrogens with zero attached hydrogens (tertiary/aromatic N) is 1. The van der Waals surface area contributed by atoms with Crippen LogP contribution >= 0.6 is 0 Å². The number of pyridine rings is 1. The normalized spacial score (nSPS) is 10.9. The summed E-state index contributed by atoms with van der Waals surface area (Å²) in [4.78, 5) is 25.1. The summed E-state index contributed by atoms with van der Waals surface area (Å²) in [6.45, 7) is 9.51. The lowest BCUT2D eigenvalue weighted by molar-refractivity contribution is -0.120. The standard InChI is InChI=1S/C21H30N4O2/c1-14(2)12-24-25-8-7-16(4)19(21(25)27)10-20(26)23-13-18-9-15(3)5-6-17(18)11-22/h5-9,14,24H,10-13,22H2,1-4H3,(H,23,26). The summed E-state index contributed by atoms with van der Waals surface area (Å²) >= 11 is 0. The molecule has 0 aliphatic heterocycles. The van der Waals surface area contributed by atoms with Crippen LogP contribution in [-0.4, -0.2) is 17.1 Å². The highest BCUT2D eigenvalue weighted by Crippen LogP contribution is 2.11. The molecular formula is C21H30N4O2. The number of rotatable bonds is 8. The van der Waals surface area contributed by atoms with Gasteiger partial charge in [0.2, 0.25) is 5.91 Å². The van der Waals surface area contributed by atoms with Gasteiger partial charge >= 0.3 is 0 Å². The Morgan fingerprint density at radius 3 is 2.59 bits per heavy atom. The monoisotopic (exact) mass is 370 g/mol. The van der Waals surface area contributed by atoms with Gasteiger partial charge in [0, 0.05) is 31.4 Å². The fraction of sp³-hybridized carbons (Fsp3) is 0.429. The van der Waals surface area contributed by atoms with Crippen LogP contribution < -0.4 is 22.0 Å². The van der Waals surface area contributed by atoms with E-state index in [9.17, 15) is 9.59 Å². The molecule has 2 aromatic rings. The first kappa shape index (κ1) is 20.7. The summed E-state index contributed by atoms with van der Waals surface area (Å²) in [6.07, 6.45) is 1.76. The highest BCUT2D eigenvalue weighted by Gasteiger charge is 2.13. The molecule has 6 nitrogen and oxygen atoms in total. The molecule has 0 fully saturated rings. The number of aryl methyl sites for hydroxylation is 2. The fourth-order valence-electron chi connectivity index (χ4n) is 2.82. The van der Waals surface area contributed by atoms with Crippen molar-refractivity contribution < 1.29 is 4.79 Å². The van der Waals surface area contributed by atoms with Crippen molar-refractivity contribution in [2.24, 2.45) is 11.7 Å². The van der Waals surface area contributed by atoms with E-state index >= 15 is 0 Å². The number of carbonyl (C=O) groups is 1. The third kappa shape index (κ3) is 5.69. The van der Waals surface area contributed by atoms with Crippen molar-refractivity contribution in [3.05, 3.63) is 68.6 Å². The Labute approximate surface area is 160 Å². The smallest absolute Gasteiger partial charge is 0.272 e. The molecule has 1 aromatic carbocycles. The molecule has 4 N–H and O–H groups in total. The second-order valence-electron chi connectivity index (χ2n) is 7.34. The van der Waals surface area contributed by atoms with E-state index in [2.05, 4.69) is 24.6 Å². The molecule has 2 rings (SSSR count). The van der Waals surface area contributed by atoms with Gasteiger partial charge in [-0.1, -0.05) is 37.6 Å². The number of carbonyl (C=O) groups excluding carboxylic acids is 1. The molecule has 27 heavy (non-hydrogen) atoms. The molecule has 0 bridgehead atoms. The number of amides is 1. The Morgan fingerprint density at radius 2 is 1.93 bits per heavy atom. The molecule has 1 aromatic heterocycles. The highest BCUT2D eigenvalue weighted by atomic mass is 16.2. The molecule has 1 heterocycles. The van der Waals surface area contributed by atoms with Crippen LogP contribution in [0.3, 0.4) is 0 Å². The Hall–Kier alpha value is -2.60. The van der Waals surface area contributed by atoms with Gasteiger partial charge in [0.1, 0.15) is 0 Å². The molecule has 0 spiro atoms. The van der Waals surface area contributed by atoms with Crippen molar-refractivity contribution in [3.63, 3.8) is 0 Å². The van der Waals surface area contributed by atoms with Gasteiger partial charge in [-0.25, -0.2) is 4.68 Å². The molecule has 0 saturated carbocycles. The fourth-order valence-corrected chi connectivity index (χ4v) is 2.82. The van der Waals surface area contributed by atoms with E-state index in [1.807, 2.05) is 38.1 Å². The zero-order valence-corrected chi connectivity index (χ0v) is 16.6. The van der Waals surface area contributed by atoms with Gasteiger partial charge in [0.15, 0.2) is 0 Å². The maximum Gasteiger partial charge on any atom is 0.272 e. The summed E-state index contributed by atoms with van der Waals surface area (Å²) in [5.74, 6) is 0.234. The first-order valence-electron chi connectivity index (χ1n) is 9.32. The minimum Gasteiger partial charge on any atom is -0.352 e. The lowest BCUT2D eigenvalue weighted by Gasteiger charge is -2.15. The largest absolute Gasteiger partial charge is 0.352 e. The Kier molecular flexibility index (Phi) is 7.19. The van der Waals surface area contributed by atoms with E-state index in [0.717, 1.165) is 22.3 Å². The maximum absolute atomic E-state index is 12.7. The summed E-state index contributed by atoms with van der Waals surface area (Å²) in [7, 11) is 0. The van der Waals surface area contributed by atoms with Gasteiger partial charge in [-0.3, -0.25) is 9.59 Å². The molecule has 6 heteroatoms. The third-order valence-electron chi connectivity index (χ3n) is 4.49. The van der Waals surface area contributed by atoms with E-state index in [-0.39, 0.29) is 17.9 Å². The van der Waals surface area contributed by atoms with Crippen LogP contribution in [0.2, 0.25) is 0 Å². The van der Waals surface area contributed by atoms with Gasteiger partial charge < -0.3 is 16.5 Å². The molecule has 0 unspecified atom stereocenters. The topological polar surface area (TPSA) is 89.2 Å². The third-order valence-corrected chi connectivity index (χ3v) is 4.49. The van der Waals surface area contributed by atoms with Crippen molar-refractivity contribution in [2.45, 2.75) is 47.2 Å². The van der Waals surface area contributed by atoms with E-state index in [1.165, 1.54) is 4.68 Å². The molecule has 0 radical (unpaired) electrons. The number of nitrogens with one attached hydrogen (secondary N) is 2. The molecule has 0 saturated heterocycles. The second kappa shape index (κ2) is 9.37. The van der Waals surface area contributed by atoms with Gasteiger partial charge in [-0.2, -0.15) is 0 Å². The SMILES string of the molecule is Cc1ccc(CN)c(CNC(=O)Cc2c(C)ccn(NCC(C)C)c2=O)c1. The van der Waals surface area contributed by atoms with Crippen LogP contribution in [0.25, 0.3) is 0 Å². The van der Waals surface area contributed by atoms with Crippen LogP contribution in [0, 0.1) is 19.8 Å². The van der Waals surface area contributed by atoms with Crippen LogP contribution in [0.1, 0.15) is 41.7 Å². The summed E-state index contributed by atoms with van der Waals surface area (Å²) in [5.41, 5.74) is 13.1. The van der Waals surface area contributed by atoms with Crippen molar-refractivity contribution >= 4 is 5.91 Å².